The van der Waals surface area contributed by atoms with Crippen molar-refractivity contribution in [2.45, 2.75) is 32.9 Å². The van der Waals surface area contributed by atoms with Crippen molar-refractivity contribution in [3.8, 4) is 0 Å². The van der Waals surface area contributed by atoms with E-state index in [0.717, 1.165) is 23.2 Å². The van der Waals surface area contributed by atoms with Crippen molar-refractivity contribution in [3.63, 3.8) is 0 Å². The van der Waals surface area contributed by atoms with Crippen LogP contribution < -0.4 is 10.6 Å². The van der Waals surface area contributed by atoms with Crippen molar-refractivity contribution in [3.05, 3.63) is 65.4 Å². The smallest absolute Gasteiger partial charge is 0.252 e. The summed E-state index contributed by atoms with van der Waals surface area (Å²) in [7, 11) is 0. The lowest BCUT2D eigenvalue weighted by Crippen LogP contribution is -2.24. The van der Waals surface area contributed by atoms with E-state index in [2.05, 4.69) is 35.1 Å². The van der Waals surface area contributed by atoms with Crippen LogP contribution in [0.5, 0.6) is 0 Å². The third-order valence-electron chi connectivity index (χ3n) is 4.98. The molecule has 3 aromatic rings. The van der Waals surface area contributed by atoms with Gasteiger partial charge in [0, 0.05) is 34.4 Å². The van der Waals surface area contributed by atoms with Crippen LogP contribution >= 0.6 is 0 Å². The normalized spacial score (nSPS) is 15.8. The Kier molecular flexibility index (Phi) is 3.99. The summed E-state index contributed by atoms with van der Waals surface area (Å²) in [5.41, 5.74) is 4.69. The van der Waals surface area contributed by atoms with Crippen molar-refractivity contribution in [1.29, 1.82) is 0 Å². The number of carbonyl (C=O) groups is 2. The SMILES string of the molecule is CCn1c(C)cc2cc(NC(=O)CC3NC(=O)c4ccccc43)ccc21. The number of amides is 2. The van der Waals surface area contributed by atoms with Gasteiger partial charge in [0.2, 0.25) is 5.91 Å². The molecule has 0 fully saturated rings. The van der Waals surface area contributed by atoms with E-state index in [9.17, 15) is 9.59 Å². The Morgan fingerprint density at radius 2 is 2.00 bits per heavy atom. The molecule has 0 saturated carbocycles. The van der Waals surface area contributed by atoms with E-state index in [4.69, 9.17) is 0 Å². The van der Waals surface area contributed by atoms with E-state index in [0.29, 0.717) is 5.56 Å². The number of aromatic nitrogens is 1. The van der Waals surface area contributed by atoms with Gasteiger partial charge in [-0.1, -0.05) is 18.2 Å². The van der Waals surface area contributed by atoms with Gasteiger partial charge in [-0.15, -0.1) is 0 Å². The standard InChI is InChI=1S/C21H21N3O2/c1-3-24-13(2)10-14-11-15(8-9-19(14)24)22-20(25)12-18-16-6-4-5-7-17(16)21(26)23-18/h4-11,18H,3,12H2,1-2H3,(H,22,25)(H,23,26). The summed E-state index contributed by atoms with van der Waals surface area (Å²) in [6.07, 6.45) is 0.218. The molecule has 2 amide bonds. The number of benzene rings is 2. The molecule has 2 N–H and O–H groups in total. The fraction of sp³-hybridized carbons (Fsp3) is 0.238. The van der Waals surface area contributed by atoms with Gasteiger partial charge in [-0.05, 0) is 49.7 Å². The van der Waals surface area contributed by atoms with Gasteiger partial charge < -0.3 is 15.2 Å². The minimum absolute atomic E-state index is 0.113. The van der Waals surface area contributed by atoms with E-state index >= 15 is 0 Å². The van der Waals surface area contributed by atoms with E-state index < -0.39 is 0 Å². The maximum Gasteiger partial charge on any atom is 0.252 e. The predicted octanol–water partition coefficient (Wildman–Crippen LogP) is 3.78. The maximum absolute atomic E-state index is 12.5. The molecule has 0 saturated heterocycles. The number of nitrogens with zero attached hydrogens (tertiary/aromatic N) is 1. The summed E-state index contributed by atoms with van der Waals surface area (Å²) in [6.45, 7) is 5.12. The molecule has 1 aliphatic heterocycles. The summed E-state index contributed by atoms with van der Waals surface area (Å²) in [4.78, 5) is 24.5. The van der Waals surface area contributed by atoms with Gasteiger partial charge in [0.05, 0.1) is 12.5 Å². The second-order valence-corrected chi connectivity index (χ2v) is 6.67. The van der Waals surface area contributed by atoms with Crippen LogP contribution in [0.4, 0.5) is 5.69 Å². The maximum atomic E-state index is 12.5. The van der Waals surface area contributed by atoms with Crippen LogP contribution in [0.3, 0.4) is 0 Å². The highest BCUT2D eigenvalue weighted by atomic mass is 16.2. The van der Waals surface area contributed by atoms with Crippen molar-refractivity contribution >= 4 is 28.4 Å². The van der Waals surface area contributed by atoms with Crippen molar-refractivity contribution in [2.75, 3.05) is 5.32 Å². The highest BCUT2D eigenvalue weighted by Gasteiger charge is 2.29. The number of rotatable bonds is 4. The third-order valence-corrected chi connectivity index (χ3v) is 4.98. The highest BCUT2D eigenvalue weighted by Crippen LogP contribution is 2.28. The molecular formula is C21H21N3O2. The van der Waals surface area contributed by atoms with Crippen LogP contribution in [0.25, 0.3) is 10.9 Å². The van der Waals surface area contributed by atoms with Gasteiger partial charge in [0.1, 0.15) is 0 Å². The predicted molar refractivity (Wildman–Crippen MR) is 102 cm³/mol. The van der Waals surface area contributed by atoms with Gasteiger partial charge in [0.15, 0.2) is 0 Å². The number of fused-ring (bicyclic) bond motifs is 2. The fourth-order valence-corrected chi connectivity index (χ4v) is 3.79. The van der Waals surface area contributed by atoms with E-state index in [-0.39, 0.29) is 24.3 Å². The van der Waals surface area contributed by atoms with Gasteiger partial charge in [0.25, 0.3) is 5.91 Å². The first-order chi connectivity index (χ1) is 12.6. The summed E-state index contributed by atoms with van der Waals surface area (Å²) in [5, 5.41) is 6.95. The molecule has 0 bridgehead atoms. The van der Waals surface area contributed by atoms with Crippen LogP contribution in [-0.4, -0.2) is 16.4 Å². The summed E-state index contributed by atoms with van der Waals surface area (Å²) in [5.74, 6) is -0.228. The molecule has 5 nitrogen and oxygen atoms in total. The Hall–Kier alpha value is -3.08. The molecular weight excluding hydrogens is 326 g/mol. The van der Waals surface area contributed by atoms with Crippen LogP contribution in [0, 0.1) is 6.92 Å². The Morgan fingerprint density at radius 3 is 2.81 bits per heavy atom. The Balaban J connectivity index is 1.51. The molecule has 2 heterocycles. The first kappa shape index (κ1) is 16.4. The van der Waals surface area contributed by atoms with E-state index in [1.54, 1.807) is 6.07 Å². The van der Waals surface area contributed by atoms with Gasteiger partial charge in [-0.2, -0.15) is 0 Å². The summed E-state index contributed by atoms with van der Waals surface area (Å²) >= 11 is 0. The van der Waals surface area contributed by atoms with Gasteiger partial charge in [-0.25, -0.2) is 0 Å². The first-order valence-corrected chi connectivity index (χ1v) is 8.86. The van der Waals surface area contributed by atoms with Crippen molar-refractivity contribution in [2.24, 2.45) is 0 Å². The minimum atomic E-state index is -0.272. The van der Waals surface area contributed by atoms with Crippen LogP contribution in [0.1, 0.15) is 41.0 Å². The van der Waals surface area contributed by atoms with Crippen molar-refractivity contribution in [1.82, 2.24) is 9.88 Å². The number of anilines is 1. The molecule has 2 aromatic carbocycles. The zero-order valence-electron chi connectivity index (χ0n) is 14.9. The lowest BCUT2D eigenvalue weighted by Gasteiger charge is -2.12. The van der Waals surface area contributed by atoms with Crippen LogP contribution in [-0.2, 0) is 11.3 Å². The largest absolute Gasteiger partial charge is 0.345 e. The fourth-order valence-electron chi connectivity index (χ4n) is 3.79. The summed E-state index contributed by atoms with van der Waals surface area (Å²) in [6, 6.07) is 15.2. The minimum Gasteiger partial charge on any atom is -0.345 e. The number of hydrogen-bond donors (Lipinski definition) is 2. The molecule has 0 aliphatic carbocycles. The number of carbonyl (C=O) groups excluding carboxylic acids is 2. The van der Waals surface area contributed by atoms with Crippen LogP contribution in [0.15, 0.2) is 48.5 Å². The molecule has 0 spiro atoms. The Morgan fingerprint density at radius 1 is 1.19 bits per heavy atom. The monoisotopic (exact) mass is 347 g/mol. The lowest BCUT2D eigenvalue weighted by atomic mass is 10.0. The van der Waals surface area contributed by atoms with Crippen LogP contribution in [0.2, 0.25) is 0 Å². The lowest BCUT2D eigenvalue weighted by molar-refractivity contribution is -0.116. The van der Waals surface area contributed by atoms with E-state index in [1.165, 1.54) is 11.2 Å². The second kappa shape index (κ2) is 6.33. The molecule has 4 rings (SSSR count). The number of aryl methyl sites for hydroxylation is 2. The molecule has 1 aromatic heterocycles. The number of nitrogens with one attached hydrogen (secondary N) is 2. The molecule has 132 valence electrons. The Labute approximate surface area is 152 Å². The second-order valence-electron chi connectivity index (χ2n) is 6.67. The molecule has 0 radical (unpaired) electrons. The quantitative estimate of drug-likeness (QED) is 0.754. The first-order valence-electron chi connectivity index (χ1n) is 8.86. The molecule has 1 aliphatic rings. The van der Waals surface area contributed by atoms with Crippen molar-refractivity contribution < 1.29 is 9.59 Å². The molecule has 5 heteroatoms. The van der Waals surface area contributed by atoms with Gasteiger partial charge in [-0.3, -0.25) is 9.59 Å². The van der Waals surface area contributed by atoms with Gasteiger partial charge >= 0.3 is 0 Å². The molecule has 26 heavy (non-hydrogen) atoms. The zero-order chi connectivity index (χ0) is 18.3. The average Bonchev–Trinajstić information content (AvgIpc) is 3.11. The highest BCUT2D eigenvalue weighted by molar-refractivity contribution is 6.01. The Bertz CT molecular complexity index is 1020. The van der Waals surface area contributed by atoms with E-state index in [1.807, 2.05) is 36.4 Å². The number of hydrogen-bond acceptors (Lipinski definition) is 2. The zero-order valence-corrected chi connectivity index (χ0v) is 14.9. The third kappa shape index (κ3) is 2.75. The topological polar surface area (TPSA) is 63.1 Å². The summed E-state index contributed by atoms with van der Waals surface area (Å²) < 4.78 is 2.24. The molecule has 1 atom stereocenters. The average molecular weight is 347 g/mol. The molecule has 1 unspecified atom stereocenters.